The van der Waals surface area contributed by atoms with Crippen molar-refractivity contribution in [3.05, 3.63) is 0 Å². The lowest BCUT2D eigenvalue weighted by atomic mass is 9.93. The number of nitrogens with one attached hydrogen (secondary N) is 1. The van der Waals surface area contributed by atoms with E-state index in [0.29, 0.717) is 32.0 Å². The Bertz CT molecular complexity index is 299. The van der Waals surface area contributed by atoms with E-state index in [4.69, 9.17) is 4.74 Å². The zero-order valence-corrected chi connectivity index (χ0v) is 11.2. The second-order valence-corrected chi connectivity index (χ2v) is 5.20. The van der Waals surface area contributed by atoms with Gasteiger partial charge in [0.1, 0.15) is 5.54 Å². The van der Waals surface area contributed by atoms with Gasteiger partial charge in [-0.15, -0.1) is 0 Å². The van der Waals surface area contributed by atoms with E-state index in [2.05, 4.69) is 5.32 Å². The summed E-state index contributed by atoms with van der Waals surface area (Å²) in [5.41, 5.74) is -1.14. The second kappa shape index (κ2) is 6.73. The number of rotatable bonds is 6. The molecule has 1 fully saturated rings. The quantitative estimate of drug-likeness (QED) is 0.757. The van der Waals surface area contributed by atoms with Crippen LogP contribution in [0.3, 0.4) is 0 Å². The molecule has 1 aliphatic heterocycles. The van der Waals surface area contributed by atoms with E-state index in [0.717, 1.165) is 19.3 Å². The first-order valence-corrected chi connectivity index (χ1v) is 6.60. The predicted molar refractivity (Wildman–Crippen MR) is 67.3 cm³/mol. The molecule has 1 saturated heterocycles. The Balaban J connectivity index is 2.48. The maximum atomic E-state index is 11.9. The molecule has 1 aliphatic rings. The van der Waals surface area contributed by atoms with Crippen molar-refractivity contribution in [3.8, 4) is 0 Å². The number of carboxylic acid groups (broad SMARTS) is 1. The average Bonchev–Trinajstić information content (AvgIpc) is 2.30. The van der Waals surface area contributed by atoms with Gasteiger partial charge in [-0.05, 0) is 32.1 Å². The van der Waals surface area contributed by atoms with Crippen molar-refractivity contribution >= 4 is 11.9 Å². The normalized spacial score (nSPS) is 20.1. The Morgan fingerprint density at radius 1 is 1.39 bits per heavy atom. The number of hydrogen-bond donors (Lipinski definition) is 2. The first-order valence-electron chi connectivity index (χ1n) is 6.60. The molecule has 1 unspecified atom stereocenters. The van der Waals surface area contributed by atoms with Crippen LogP contribution in [-0.2, 0) is 14.3 Å². The van der Waals surface area contributed by atoms with Crippen molar-refractivity contribution in [2.45, 2.75) is 51.5 Å². The van der Waals surface area contributed by atoms with Crippen LogP contribution < -0.4 is 5.32 Å². The largest absolute Gasteiger partial charge is 0.480 e. The standard InChI is InChI=1S/C13H23NO4/c1-3-6-13(2,12(16)17)14-11(15)9-10-4-7-18-8-5-10/h10H,3-9H2,1-2H3,(H,14,15)(H,16,17). The number of amides is 1. The lowest BCUT2D eigenvalue weighted by Crippen LogP contribution is -2.52. The maximum Gasteiger partial charge on any atom is 0.329 e. The van der Waals surface area contributed by atoms with Gasteiger partial charge in [-0.3, -0.25) is 4.79 Å². The second-order valence-electron chi connectivity index (χ2n) is 5.20. The van der Waals surface area contributed by atoms with E-state index in [9.17, 15) is 14.7 Å². The summed E-state index contributed by atoms with van der Waals surface area (Å²) in [6.45, 7) is 4.87. The molecule has 0 aromatic heterocycles. The van der Waals surface area contributed by atoms with Gasteiger partial charge in [0.05, 0.1) is 0 Å². The summed E-state index contributed by atoms with van der Waals surface area (Å²) in [4.78, 5) is 23.1. The summed E-state index contributed by atoms with van der Waals surface area (Å²) in [5, 5.41) is 11.8. The molecule has 18 heavy (non-hydrogen) atoms. The van der Waals surface area contributed by atoms with Crippen LogP contribution in [0.25, 0.3) is 0 Å². The lowest BCUT2D eigenvalue weighted by Gasteiger charge is -2.28. The Kier molecular flexibility index (Phi) is 5.59. The smallest absolute Gasteiger partial charge is 0.329 e. The minimum Gasteiger partial charge on any atom is -0.480 e. The molecule has 5 heteroatoms. The molecule has 0 spiro atoms. The minimum atomic E-state index is -1.14. The van der Waals surface area contributed by atoms with Gasteiger partial charge in [-0.2, -0.15) is 0 Å². The van der Waals surface area contributed by atoms with E-state index in [-0.39, 0.29) is 5.91 Å². The van der Waals surface area contributed by atoms with E-state index in [1.54, 1.807) is 6.92 Å². The fourth-order valence-corrected chi connectivity index (χ4v) is 2.29. The molecule has 1 heterocycles. The summed E-state index contributed by atoms with van der Waals surface area (Å²) >= 11 is 0. The topological polar surface area (TPSA) is 75.6 Å². The summed E-state index contributed by atoms with van der Waals surface area (Å²) < 4.78 is 5.23. The molecular formula is C13H23NO4. The summed E-state index contributed by atoms with van der Waals surface area (Å²) in [7, 11) is 0. The van der Waals surface area contributed by atoms with Crippen molar-refractivity contribution < 1.29 is 19.4 Å². The highest BCUT2D eigenvalue weighted by molar-refractivity contribution is 5.86. The van der Waals surface area contributed by atoms with Gasteiger partial charge in [0.25, 0.3) is 0 Å². The lowest BCUT2D eigenvalue weighted by molar-refractivity contribution is -0.147. The van der Waals surface area contributed by atoms with Crippen LogP contribution >= 0.6 is 0 Å². The van der Waals surface area contributed by atoms with Gasteiger partial charge < -0.3 is 15.2 Å². The molecule has 0 bridgehead atoms. The molecule has 2 N–H and O–H groups in total. The fraction of sp³-hybridized carbons (Fsp3) is 0.846. The molecule has 0 saturated carbocycles. The van der Waals surface area contributed by atoms with Gasteiger partial charge in [-0.1, -0.05) is 13.3 Å². The fourth-order valence-electron chi connectivity index (χ4n) is 2.29. The first-order chi connectivity index (χ1) is 8.48. The SMILES string of the molecule is CCCC(C)(NC(=O)CC1CCOCC1)C(=O)O. The minimum absolute atomic E-state index is 0.166. The van der Waals surface area contributed by atoms with Crippen LogP contribution in [0.5, 0.6) is 0 Å². The van der Waals surface area contributed by atoms with Crippen LogP contribution in [0.4, 0.5) is 0 Å². The number of hydrogen-bond acceptors (Lipinski definition) is 3. The summed E-state index contributed by atoms with van der Waals surface area (Å²) in [6, 6.07) is 0. The first kappa shape index (κ1) is 15.0. The van der Waals surface area contributed by atoms with Crippen molar-refractivity contribution in [1.29, 1.82) is 0 Å². The third-order valence-electron chi connectivity index (χ3n) is 3.45. The van der Waals surface area contributed by atoms with Crippen molar-refractivity contribution in [3.63, 3.8) is 0 Å². The van der Waals surface area contributed by atoms with Gasteiger partial charge in [0.15, 0.2) is 0 Å². The zero-order valence-electron chi connectivity index (χ0n) is 11.2. The summed E-state index contributed by atoms with van der Waals surface area (Å²) in [5.74, 6) is -0.816. The highest BCUT2D eigenvalue weighted by atomic mass is 16.5. The number of carboxylic acids is 1. The Morgan fingerprint density at radius 2 is 2.00 bits per heavy atom. The number of ether oxygens (including phenoxy) is 1. The molecule has 1 atom stereocenters. The van der Waals surface area contributed by atoms with Gasteiger partial charge in [0, 0.05) is 19.6 Å². The van der Waals surface area contributed by atoms with E-state index >= 15 is 0 Å². The van der Waals surface area contributed by atoms with Crippen LogP contribution in [0.15, 0.2) is 0 Å². The molecule has 0 aliphatic carbocycles. The Hall–Kier alpha value is -1.10. The third kappa shape index (κ3) is 4.29. The Labute approximate surface area is 108 Å². The zero-order chi connectivity index (χ0) is 13.6. The predicted octanol–water partition coefficient (Wildman–Crippen LogP) is 1.56. The maximum absolute atomic E-state index is 11.9. The number of carbonyl (C=O) groups is 2. The average molecular weight is 257 g/mol. The van der Waals surface area contributed by atoms with Crippen LogP contribution in [0.2, 0.25) is 0 Å². The monoisotopic (exact) mass is 257 g/mol. The van der Waals surface area contributed by atoms with E-state index in [1.807, 2.05) is 6.92 Å². The van der Waals surface area contributed by atoms with Crippen molar-refractivity contribution in [2.75, 3.05) is 13.2 Å². The molecule has 5 nitrogen and oxygen atoms in total. The molecule has 0 aromatic carbocycles. The molecule has 1 amide bonds. The van der Waals surface area contributed by atoms with Crippen LogP contribution in [0, 0.1) is 5.92 Å². The third-order valence-corrected chi connectivity index (χ3v) is 3.45. The van der Waals surface area contributed by atoms with E-state index in [1.165, 1.54) is 0 Å². The highest BCUT2D eigenvalue weighted by Crippen LogP contribution is 2.19. The number of aliphatic carboxylic acids is 1. The van der Waals surface area contributed by atoms with Gasteiger partial charge in [0.2, 0.25) is 5.91 Å². The highest BCUT2D eigenvalue weighted by Gasteiger charge is 2.34. The van der Waals surface area contributed by atoms with Gasteiger partial charge in [-0.25, -0.2) is 4.79 Å². The van der Waals surface area contributed by atoms with Crippen LogP contribution in [-0.4, -0.2) is 35.7 Å². The molecule has 1 rings (SSSR count). The molecule has 104 valence electrons. The Morgan fingerprint density at radius 3 is 2.50 bits per heavy atom. The van der Waals surface area contributed by atoms with Crippen LogP contribution in [0.1, 0.15) is 46.0 Å². The molecule has 0 radical (unpaired) electrons. The van der Waals surface area contributed by atoms with E-state index < -0.39 is 11.5 Å². The summed E-state index contributed by atoms with van der Waals surface area (Å²) in [6.07, 6.45) is 3.33. The van der Waals surface area contributed by atoms with Crippen molar-refractivity contribution in [1.82, 2.24) is 5.32 Å². The molecule has 0 aromatic rings. The number of carbonyl (C=O) groups excluding carboxylic acids is 1. The molecular weight excluding hydrogens is 234 g/mol. The van der Waals surface area contributed by atoms with Crippen molar-refractivity contribution in [2.24, 2.45) is 5.92 Å². The van der Waals surface area contributed by atoms with Gasteiger partial charge >= 0.3 is 5.97 Å².